The maximum absolute atomic E-state index is 5.61. The van der Waals surface area contributed by atoms with Gasteiger partial charge in [0.05, 0.1) is 14.2 Å². The van der Waals surface area contributed by atoms with E-state index < -0.39 is 0 Å². The van der Waals surface area contributed by atoms with E-state index in [2.05, 4.69) is 22.5 Å². The Morgan fingerprint density at radius 3 is 2.50 bits per heavy atom. The van der Waals surface area contributed by atoms with E-state index in [0.717, 1.165) is 49.2 Å². The predicted molar refractivity (Wildman–Crippen MR) is 125 cm³/mol. The zero-order valence-corrected chi connectivity index (χ0v) is 20.0. The molecule has 0 spiro atoms. The van der Waals surface area contributed by atoms with Crippen LogP contribution in [0.15, 0.2) is 23.2 Å². The van der Waals surface area contributed by atoms with E-state index >= 15 is 0 Å². The maximum atomic E-state index is 5.61. The van der Waals surface area contributed by atoms with Crippen LogP contribution >= 0.6 is 24.0 Å². The van der Waals surface area contributed by atoms with E-state index in [-0.39, 0.29) is 24.0 Å². The highest BCUT2D eigenvalue weighted by molar-refractivity contribution is 14.0. The van der Waals surface area contributed by atoms with Gasteiger partial charge in [-0.25, -0.2) is 0 Å². The molecule has 1 aromatic carbocycles. The van der Waals surface area contributed by atoms with Crippen LogP contribution in [0, 0.1) is 5.41 Å². The Morgan fingerprint density at radius 2 is 1.89 bits per heavy atom. The number of nitrogens with one attached hydrogen (secondary N) is 2. The molecule has 7 heteroatoms. The summed E-state index contributed by atoms with van der Waals surface area (Å²) in [5, 5.41) is 6.92. The number of hydrogen-bond acceptors (Lipinski definition) is 4. The molecular formula is C21H36IN3O3. The minimum absolute atomic E-state index is 0. The lowest BCUT2D eigenvalue weighted by Gasteiger charge is -2.30. The zero-order valence-electron chi connectivity index (χ0n) is 17.7. The van der Waals surface area contributed by atoms with Gasteiger partial charge in [-0.3, -0.25) is 4.99 Å². The number of guanidine groups is 1. The minimum Gasteiger partial charge on any atom is -0.497 e. The van der Waals surface area contributed by atoms with Crippen molar-refractivity contribution in [2.75, 3.05) is 41.0 Å². The van der Waals surface area contributed by atoms with Crippen LogP contribution < -0.4 is 20.1 Å². The van der Waals surface area contributed by atoms with Crippen LogP contribution in [0.3, 0.4) is 0 Å². The van der Waals surface area contributed by atoms with Crippen LogP contribution in [0.4, 0.5) is 0 Å². The summed E-state index contributed by atoms with van der Waals surface area (Å²) in [6.07, 6.45) is 6.25. The topological polar surface area (TPSA) is 64.1 Å². The van der Waals surface area contributed by atoms with E-state index in [1.54, 1.807) is 14.2 Å². The van der Waals surface area contributed by atoms with Gasteiger partial charge in [-0.15, -0.1) is 24.0 Å². The van der Waals surface area contributed by atoms with Crippen LogP contribution in [-0.2, 0) is 11.3 Å². The molecule has 0 atom stereocenters. The van der Waals surface area contributed by atoms with Gasteiger partial charge < -0.3 is 24.8 Å². The number of benzene rings is 1. The molecule has 2 N–H and O–H groups in total. The summed E-state index contributed by atoms with van der Waals surface area (Å²) in [5.74, 6) is 2.41. The number of hydrogen-bond donors (Lipinski definition) is 2. The van der Waals surface area contributed by atoms with E-state index in [1.165, 1.54) is 25.7 Å². The molecule has 1 saturated carbocycles. The van der Waals surface area contributed by atoms with Gasteiger partial charge in [0.25, 0.3) is 0 Å². The molecule has 2 rings (SSSR count). The molecule has 1 aliphatic carbocycles. The Balaban J connectivity index is 0.00000392. The maximum Gasteiger partial charge on any atom is 0.191 e. The molecule has 0 bridgehead atoms. The molecule has 0 unspecified atom stereocenters. The Hall–Kier alpha value is -1.22. The molecule has 6 nitrogen and oxygen atoms in total. The molecule has 0 radical (unpaired) electrons. The zero-order chi connectivity index (χ0) is 19.5. The Morgan fingerprint density at radius 1 is 1.14 bits per heavy atom. The summed E-state index contributed by atoms with van der Waals surface area (Å²) in [5.41, 5.74) is 1.39. The number of halogens is 1. The molecule has 1 fully saturated rings. The SMILES string of the molecule is CCOCCC1(CNC(=NC)NCc2ccc(OC)cc2OC)CCCC1.I. The van der Waals surface area contributed by atoms with Crippen LogP contribution in [0.1, 0.15) is 44.6 Å². The number of nitrogens with zero attached hydrogens (tertiary/aromatic N) is 1. The fourth-order valence-electron chi connectivity index (χ4n) is 3.74. The van der Waals surface area contributed by atoms with Crippen molar-refractivity contribution < 1.29 is 14.2 Å². The van der Waals surface area contributed by atoms with Gasteiger partial charge in [-0.1, -0.05) is 12.8 Å². The monoisotopic (exact) mass is 505 g/mol. The highest BCUT2D eigenvalue weighted by atomic mass is 127. The fourth-order valence-corrected chi connectivity index (χ4v) is 3.74. The van der Waals surface area contributed by atoms with Crippen molar-refractivity contribution in [2.24, 2.45) is 10.4 Å². The van der Waals surface area contributed by atoms with E-state index in [4.69, 9.17) is 14.2 Å². The van der Waals surface area contributed by atoms with Crippen molar-refractivity contribution in [3.8, 4) is 11.5 Å². The van der Waals surface area contributed by atoms with Gasteiger partial charge in [-0.05, 0) is 43.7 Å². The van der Waals surface area contributed by atoms with E-state index in [9.17, 15) is 0 Å². The summed E-state index contributed by atoms with van der Waals surface area (Å²) < 4.78 is 16.3. The average Bonchev–Trinajstić information content (AvgIpc) is 3.17. The molecular weight excluding hydrogens is 469 g/mol. The first kappa shape index (κ1) is 24.8. The molecule has 0 aliphatic heterocycles. The molecule has 160 valence electrons. The molecule has 1 aliphatic rings. The van der Waals surface area contributed by atoms with Crippen molar-refractivity contribution >= 4 is 29.9 Å². The third-order valence-corrected chi connectivity index (χ3v) is 5.44. The van der Waals surface area contributed by atoms with Gasteiger partial charge in [-0.2, -0.15) is 0 Å². The lowest BCUT2D eigenvalue weighted by atomic mass is 9.83. The number of rotatable bonds is 10. The summed E-state index contributed by atoms with van der Waals surface area (Å²) in [6.45, 7) is 5.25. The van der Waals surface area contributed by atoms with Gasteiger partial charge in [0.1, 0.15) is 11.5 Å². The van der Waals surface area contributed by atoms with E-state index in [1.807, 2.05) is 25.2 Å². The summed E-state index contributed by atoms with van der Waals surface area (Å²) in [6, 6.07) is 5.85. The molecule has 0 aromatic heterocycles. The van der Waals surface area contributed by atoms with Gasteiger partial charge in [0.2, 0.25) is 0 Å². The minimum atomic E-state index is 0. The molecule has 0 heterocycles. The van der Waals surface area contributed by atoms with Crippen LogP contribution in [0.25, 0.3) is 0 Å². The third-order valence-electron chi connectivity index (χ3n) is 5.44. The first-order valence-electron chi connectivity index (χ1n) is 9.89. The number of aliphatic imine (C=N–C) groups is 1. The Bertz CT molecular complexity index is 605. The third kappa shape index (κ3) is 7.31. The molecule has 0 saturated heterocycles. The smallest absolute Gasteiger partial charge is 0.191 e. The first-order chi connectivity index (χ1) is 13.2. The first-order valence-corrected chi connectivity index (χ1v) is 9.89. The second kappa shape index (κ2) is 13.1. The van der Waals surface area contributed by atoms with Gasteiger partial charge in [0, 0.05) is 45.0 Å². The van der Waals surface area contributed by atoms with Crippen molar-refractivity contribution in [3.05, 3.63) is 23.8 Å². The van der Waals surface area contributed by atoms with Crippen molar-refractivity contribution in [3.63, 3.8) is 0 Å². The van der Waals surface area contributed by atoms with Crippen molar-refractivity contribution in [1.29, 1.82) is 0 Å². The largest absolute Gasteiger partial charge is 0.497 e. The summed E-state index contributed by atoms with van der Waals surface area (Å²) in [4.78, 5) is 4.38. The highest BCUT2D eigenvalue weighted by Crippen LogP contribution is 2.40. The highest BCUT2D eigenvalue weighted by Gasteiger charge is 2.33. The summed E-state index contributed by atoms with van der Waals surface area (Å²) >= 11 is 0. The van der Waals surface area contributed by atoms with Crippen LogP contribution in [0.5, 0.6) is 11.5 Å². The molecule has 28 heavy (non-hydrogen) atoms. The summed E-state index contributed by atoms with van der Waals surface area (Å²) in [7, 11) is 5.14. The van der Waals surface area contributed by atoms with E-state index in [0.29, 0.717) is 12.0 Å². The van der Waals surface area contributed by atoms with Crippen LogP contribution in [0.2, 0.25) is 0 Å². The van der Waals surface area contributed by atoms with Crippen LogP contribution in [-0.4, -0.2) is 47.0 Å². The Kier molecular flexibility index (Phi) is 11.6. The van der Waals surface area contributed by atoms with Gasteiger partial charge >= 0.3 is 0 Å². The second-order valence-corrected chi connectivity index (χ2v) is 7.11. The number of ether oxygens (including phenoxy) is 3. The van der Waals surface area contributed by atoms with Crippen molar-refractivity contribution in [2.45, 2.75) is 45.6 Å². The Labute approximate surface area is 186 Å². The quantitative estimate of drug-likeness (QED) is 0.218. The molecule has 0 amide bonds. The lowest BCUT2D eigenvalue weighted by Crippen LogP contribution is -2.43. The number of methoxy groups -OCH3 is 2. The fraction of sp³-hybridized carbons (Fsp3) is 0.667. The van der Waals surface area contributed by atoms with Crippen molar-refractivity contribution in [1.82, 2.24) is 10.6 Å². The van der Waals surface area contributed by atoms with Gasteiger partial charge in [0.15, 0.2) is 5.96 Å². The standard InChI is InChI=1S/C21H35N3O3.HI/c1-5-27-13-12-21(10-6-7-11-21)16-24-20(22-2)23-15-17-8-9-18(25-3)14-19(17)26-4;/h8-9,14H,5-7,10-13,15-16H2,1-4H3,(H2,22,23,24);1H. The normalized spacial score (nSPS) is 15.6. The predicted octanol–water partition coefficient (Wildman–Crippen LogP) is 3.97. The lowest BCUT2D eigenvalue weighted by molar-refractivity contribution is 0.105. The second-order valence-electron chi connectivity index (χ2n) is 7.11. The average molecular weight is 505 g/mol. The molecule has 1 aromatic rings.